The molecule has 0 fully saturated rings. The third-order valence-electron chi connectivity index (χ3n) is 2.94. The Morgan fingerprint density at radius 1 is 1.29 bits per heavy atom. The SMILES string of the molecule is Cc1cccc(NS(=O)(=O)c2ccc(CO)c(Cl)c2)c1Br. The first-order valence-corrected chi connectivity index (χ1v) is 8.68. The fraction of sp³-hybridized carbons (Fsp3) is 0.143. The monoisotopic (exact) mass is 389 g/mol. The summed E-state index contributed by atoms with van der Waals surface area (Å²) in [7, 11) is -3.75. The maximum atomic E-state index is 12.4. The fourth-order valence-electron chi connectivity index (χ4n) is 1.75. The second kappa shape index (κ2) is 6.36. The predicted octanol–water partition coefficient (Wildman–Crippen LogP) is 3.70. The van der Waals surface area contributed by atoms with Gasteiger partial charge in [0.25, 0.3) is 10.0 Å². The Bertz CT molecular complexity index is 778. The summed E-state index contributed by atoms with van der Waals surface area (Å²) < 4.78 is 27.9. The lowest BCUT2D eigenvalue weighted by Gasteiger charge is -2.12. The predicted molar refractivity (Wildman–Crippen MR) is 87.1 cm³/mol. The van der Waals surface area contributed by atoms with Gasteiger partial charge < -0.3 is 5.11 Å². The Morgan fingerprint density at radius 2 is 2.00 bits per heavy atom. The van der Waals surface area contributed by atoms with Crippen molar-refractivity contribution >= 4 is 43.2 Å². The van der Waals surface area contributed by atoms with Crippen LogP contribution in [0.25, 0.3) is 0 Å². The van der Waals surface area contributed by atoms with E-state index in [0.29, 0.717) is 15.7 Å². The van der Waals surface area contributed by atoms with Crippen LogP contribution >= 0.6 is 27.5 Å². The number of benzene rings is 2. The summed E-state index contributed by atoms with van der Waals surface area (Å²) in [5.74, 6) is 0. The maximum absolute atomic E-state index is 12.4. The van der Waals surface area contributed by atoms with E-state index >= 15 is 0 Å². The van der Waals surface area contributed by atoms with Gasteiger partial charge in [0, 0.05) is 9.50 Å². The van der Waals surface area contributed by atoms with Crippen LogP contribution in [0.5, 0.6) is 0 Å². The van der Waals surface area contributed by atoms with Crippen LogP contribution in [0.4, 0.5) is 5.69 Å². The number of aryl methyl sites for hydroxylation is 1. The molecular weight excluding hydrogens is 378 g/mol. The Kier molecular flexibility index (Phi) is 4.93. The Labute approximate surface area is 136 Å². The van der Waals surface area contributed by atoms with Crippen LogP contribution in [-0.4, -0.2) is 13.5 Å². The average Bonchev–Trinajstić information content (AvgIpc) is 2.43. The topological polar surface area (TPSA) is 66.4 Å². The first-order valence-electron chi connectivity index (χ1n) is 6.02. The van der Waals surface area contributed by atoms with Gasteiger partial charge >= 0.3 is 0 Å². The van der Waals surface area contributed by atoms with Crippen LogP contribution in [-0.2, 0) is 16.6 Å². The van der Waals surface area contributed by atoms with Gasteiger partial charge in [-0.25, -0.2) is 8.42 Å². The minimum Gasteiger partial charge on any atom is -0.392 e. The fourth-order valence-corrected chi connectivity index (χ4v) is 3.65. The van der Waals surface area contributed by atoms with Crippen molar-refractivity contribution in [3.05, 3.63) is 57.0 Å². The number of hydrogen-bond acceptors (Lipinski definition) is 3. The molecule has 0 atom stereocenters. The number of aliphatic hydroxyl groups excluding tert-OH is 1. The van der Waals surface area contributed by atoms with Crippen molar-refractivity contribution in [1.29, 1.82) is 0 Å². The number of hydrogen-bond donors (Lipinski definition) is 2. The molecule has 0 bridgehead atoms. The van der Waals surface area contributed by atoms with Crippen LogP contribution < -0.4 is 4.72 Å². The van der Waals surface area contributed by atoms with Crippen LogP contribution in [0.15, 0.2) is 45.8 Å². The van der Waals surface area contributed by atoms with E-state index in [0.717, 1.165) is 5.56 Å². The second-order valence-corrected chi connectivity index (χ2v) is 7.34. The van der Waals surface area contributed by atoms with Crippen molar-refractivity contribution in [2.24, 2.45) is 0 Å². The first-order chi connectivity index (χ1) is 9.85. The van der Waals surface area contributed by atoms with E-state index in [-0.39, 0.29) is 16.5 Å². The Morgan fingerprint density at radius 3 is 2.62 bits per heavy atom. The zero-order chi connectivity index (χ0) is 15.6. The third kappa shape index (κ3) is 3.58. The smallest absolute Gasteiger partial charge is 0.261 e. The lowest BCUT2D eigenvalue weighted by atomic mass is 10.2. The zero-order valence-electron chi connectivity index (χ0n) is 11.1. The molecular formula is C14H13BrClNO3S. The molecule has 2 aromatic carbocycles. The van der Waals surface area contributed by atoms with E-state index in [1.165, 1.54) is 18.2 Å². The number of anilines is 1. The summed E-state index contributed by atoms with van der Waals surface area (Å²) in [6.45, 7) is 1.63. The Balaban J connectivity index is 2.39. The number of rotatable bonds is 4. The third-order valence-corrected chi connectivity index (χ3v) is 5.71. The molecule has 0 saturated heterocycles. The van der Waals surface area contributed by atoms with Crippen molar-refractivity contribution < 1.29 is 13.5 Å². The van der Waals surface area contributed by atoms with E-state index in [4.69, 9.17) is 16.7 Å². The van der Waals surface area contributed by atoms with Gasteiger partial charge in [0.05, 0.1) is 17.2 Å². The lowest BCUT2D eigenvalue weighted by Crippen LogP contribution is -2.13. The lowest BCUT2D eigenvalue weighted by molar-refractivity contribution is 0.282. The minimum atomic E-state index is -3.75. The molecule has 2 aromatic rings. The molecule has 4 nitrogen and oxygen atoms in total. The molecule has 7 heteroatoms. The zero-order valence-corrected chi connectivity index (χ0v) is 14.3. The molecule has 0 unspecified atom stereocenters. The van der Waals surface area contributed by atoms with E-state index in [1.807, 2.05) is 13.0 Å². The van der Waals surface area contributed by atoms with Crippen LogP contribution in [0.2, 0.25) is 5.02 Å². The van der Waals surface area contributed by atoms with Gasteiger partial charge in [-0.15, -0.1) is 0 Å². The molecule has 0 saturated carbocycles. The summed E-state index contributed by atoms with van der Waals surface area (Å²) in [6, 6.07) is 9.51. The van der Waals surface area contributed by atoms with E-state index < -0.39 is 10.0 Å². The summed E-state index contributed by atoms with van der Waals surface area (Å²) in [4.78, 5) is 0.0399. The highest BCUT2D eigenvalue weighted by molar-refractivity contribution is 9.10. The molecule has 0 spiro atoms. The molecule has 112 valence electrons. The molecule has 0 aromatic heterocycles. The standard InChI is InChI=1S/C14H13BrClNO3S/c1-9-3-2-4-13(14(9)15)17-21(19,20)11-6-5-10(8-18)12(16)7-11/h2-7,17-18H,8H2,1H3. The largest absolute Gasteiger partial charge is 0.392 e. The van der Waals surface area contributed by atoms with Crippen LogP contribution in [0.1, 0.15) is 11.1 Å². The molecule has 2 N–H and O–H groups in total. The van der Waals surface area contributed by atoms with Crippen molar-refractivity contribution in [3.8, 4) is 0 Å². The van der Waals surface area contributed by atoms with Crippen molar-refractivity contribution in [3.63, 3.8) is 0 Å². The van der Waals surface area contributed by atoms with Crippen LogP contribution in [0, 0.1) is 6.92 Å². The van der Waals surface area contributed by atoms with Gasteiger partial charge in [-0.05, 0) is 52.2 Å². The summed E-state index contributed by atoms with van der Waals surface area (Å²) in [5.41, 5.74) is 1.86. The number of aliphatic hydroxyl groups is 1. The van der Waals surface area contributed by atoms with Crippen molar-refractivity contribution in [1.82, 2.24) is 0 Å². The quantitative estimate of drug-likeness (QED) is 0.836. The highest BCUT2D eigenvalue weighted by atomic mass is 79.9. The highest BCUT2D eigenvalue weighted by Crippen LogP contribution is 2.29. The van der Waals surface area contributed by atoms with Crippen molar-refractivity contribution in [2.75, 3.05) is 4.72 Å². The molecule has 0 aliphatic rings. The van der Waals surface area contributed by atoms with Crippen LogP contribution in [0.3, 0.4) is 0 Å². The van der Waals surface area contributed by atoms with Gasteiger partial charge in [-0.1, -0.05) is 29.8 Å². The van der Waals surface area contributed by atoms with Gasteiger partial charge in [0.2, 0.25) is 0 Å². The highest BCUT2D eigenvalue weighted by Gasteiger charge is 2.17. The van der Waals surface area contributed by atoms with Gasteiger partial charge in [0.1, 0.15) is 0 Å². The second-order valence-electron chi connectivity index (χ2n) is 4.45. The first kappa shape index (κ1) is 16.3. The molecule has 0 aliphatic heterocycles. The van der Waals surface area contributed by atoms with Gasteiger partial charge in [-0.3, -0.25) is 4.72 Å². The molecule has 21 heavy (non-hydrogen) atoms. The van der Waals surface area contributed by atoms with E-state index in [1.54, 1.807) is 12.1 Å². The number of sulfonamides is 1. The molecule has 0 aliphatic carbocycles. The molecule has 2 rings (SSSR count). The molecule has 0 heterocycles. The maximum Gasteiger partial charge on any atom is 0.261 e. The Hall–Kier alpha value is -1.08. The van der Waals surface area contributed by atoms with E-state index in [9.17, 15) is 8.42 Å². The van der Waals surface area contributed by atoms with Gasteiger partial charge in [-0.2, -0.15) is 0 Å². The summed E-state index contributed by atoms with van der Waals surface area (Å²) >= 11 is 9.29. The van der Waals surface area contributed by atoms with Gasteiger partial charge in [0.15, 0.2) is 0 Å². The van der Waals surface area contributed by atoms with E-state index in [2.05, 4.69) is 20.7 Å². The molecule has 0 radical (unpaired) electrons. The molecule has 0 amide bonds. The number of halogens is 2. The van der Waals surface area contributed by atoms with Crippen molar-refractivity contribution in [2.45, 2.75) is 18.4 Å². The minimum absolute atomic E-state index is 0.0399. The summed E-state index contributed by atoms with van der Waals surface area (Å²) in [6.07, 6.45) is 0. The number of nitrogens with one attached hydrogen (secondary N) is 1. The normalized spacial score (nSPS) is 11.4. The average molecular weight is 391 g/mol. The summed E-state index contributed by atoms with van der Waals surface area (Å²) in [5, 5.41) is 9.27.